The number of fused-ring (bicyclic) bond motifs is 3. The number of carboxylic acids is 1. The maximum atomic E-state index is 12.7. The first-order valence-corrected chi connectivity index (χ1v) is 12.6. The lowest BCUT2D eigenvalue weighted by molar-refractivity contribution is -0.138. The molecule has 0 spiro atoms. The molecule has 1 saturated carbocycles. The van der Waals surface area contributed by atoms with Gasteiger partial charge in [-0.25, -0.2) is 4.79 Å². The van der Waals surface area contributed by atoms with Gasteiger partial charge in [-0.05, 0) is 53.9 Å². The summed E-state index contributed by atoms with van der Waals surface area (Å²) in [6, 6.07) is 16.1. The second kappa shape index (κ2) is 11.4. The molecule has 0 aromatic heterocycles. The lowest BCUT2D eigenvalue weighted by Gasteiger charge is -2.20. The Bertz CT molecular complexity index is 1020. The van der Waals surface area contributed by atoms with Gasteiger partial charge < -0.3 is 20.5 Å². The van der Waals surface area contributed by atoms with Crippen LogP contribution in [0, 0.1) is 5.92 Å². The number of alkyl carbamates (subject to hydrolysis) is 1. The fraction of sp³-hybridized carbons (Fsp3) is 0.464. The van der Waals surface area contributed by atoms with E-state index in [0.29, 0.717) is 12.8 Å². The molecular weight excluding hydrogens is 444 g/mol. The molecule has 3 atom stereocenters. The topological polar surface area (TPSA) is 105 Å². The van der Waals surface area contributed by atoms with Crippen LogP contribution in [-0.2, 0) is 14.3 Å². The van der Waals surface area contributed by atoms with Crippen LogP contribution in [0.3, 0.4) is 0 Å². The van der Waals surface area contributed by atoms with E-state index in [9.17, 15) is 14.4 Å². The summed E-state index contributed by atoms with van der Waals surface area (Å²) in [7, 11) is 0. The third kappa shape index (κ3) is 6.21. The van der Waals surface area contributed by atoms with Gasteiger partial charge in [-0.15, -0.1) is 0 Å². The molecule has 0 unspecified atom stereocenters. The first-order chi connectivity index (χ1) is 16.9. The Balaban J connectivity index is 1.28. The van der Waals surface area contributed by atoms with Crippen LogP contribution in [0.5, 0.6) is 0 Å². The number of benzene rings is 2. The highest BCUT2D eigenvalue weighted by atomic mass is 16.5. The molecule has 0 heterocycles. The summed E-state index contributed by atoms with van der Waals surface area (Å²) in [6.07, 6.45) is 3.61. The number of nitrogens with one attached hydrogen (secondary N) is 2. The lowest BCUT2D eigenvalue weighted by Crippen LogP contribution is -2.41. The maximum absolute atomic E-state index is 12.7. The number of aliphatic carboxylic acids is 1. The van der Waals surface area contributed by atoms with Crippen molar-refractivity contribution in [3.63, 3.8) is 0 Å². The fourth-order valence-corrected chi connectivity index (χ4v) is 5.53. The molecule has 4 rings (SSSR count). The zero-order valence-electron chi connectivity index (χ0n) is 20.2. The van der Waals surface area contributed by atoms with Gasteiger partial charge in [0.2, 0.25) is 5.91 Å². The summed E-state index contributed by atoms with van der Waals surface area (Å²) in [6.45, 7) is 2.25. The van der Waals surface area contributed by atoms with Crippen LogP contribution in [0.1, 0.15) is 68.9 Å². The number of carboxylic acid groups (broad SMARTS) is 1. The second-order valence-corrected chi connectivity index (χ2v) is 9.70. The van der Waals surface area contributed by atoms with Crippen LogP contribution in [-0.4, -0.2) is 41.8 Å². The van der Waals surface area contributed by atoms with Gasteiger partial charge in [0.25, 0.3) is 0 Å². The van der Waals surface area contributed by atoms with Gasteiger partial charge in [-0.3, -0.25) is 9.59 Å². The van der Waals surface area contributed by atoms with E-state index in [4.69, 9.17) is 9.84 Å². The average molecular weight is 479 g/mol. The Hall–Kier alpha value is -3.35. The zero-order valence-corrected chi connectivity index (χ0v) is 20.2. The molecule has 7 nitrogen and oxygen atoms in total. The Morgan fingerprint density at radius 2 is 1.69 bits per heavy atom. The molecule has 2 aliphatic carbocycles. The molecule has 1 fully saturated rings. The van der Waals surface area contributed by atoms with Crippen molar-refractivity contribution in [2.75, 3.05) is 6.61 Å². The minimum absolute atomic E-state index is 0.00332. The molecular formula is C28H34N2O5. The maximum Gasteiger partial charge on any atom is 0.407 e. The van der Waals surface area contributed by atoms with Gasteiger partial charge >= 0.3 is 12.1 Å². The molecule has 186 valence electrons. The van der Waals surface area contributed by atoms with Crippen LogP contribution >= 0.6 is 0 Å². The van der Waals surface area contributed by atoms with Crippen molar-refractivity contribution in [1.82, 2.24) is 10.6 Å². The highest BCUT2D eigenvalue weighted by Gasteiger charge is 2.30. The molecule has 35 heavy (non-hydrogen) atoms. The van der Waals surface area contributed by atoms with E-state index < -0.39 is 12.1 Å². The average Bonchev–Trinajstić information content (AvgIpc) is 3.39. The quantitative estimate of drug-likeness (QED) is 0.453. The number of hydrogen-bond donors (Lipinski definition) is 3. The Morgan fingerprint density at radius 1 is 1.03 bits per heavy atom. The fourth-order valence-electron chi connectivity index (χ4n) is 5.53. The number of amides is 2. The SMILES string of the molecule is CCC[C@H](CC(=O)N[C@@H]1CC[C@H](CC(=O)O)C1)NC(=O)OCC1c2ccccc2-c2ccccc21. The first-order valence-electron chi connectivity index (χ1n) is 12.6. The summed E-state index contributed by atoms with van der Waals surface area (Å²) < 4.78 is 5.65. The predicted octanol–water partition coefficient (Wildman–Crippen LogP) is 4.84. The van der Waals surface area contributed by atoms with E-state index in [0.717, 1.165) is 30.4 Å². The number of carbonyl (C=O) groups is 3. The van der Waals surface area contributed by atoms with Crippen molar-refractivity contribution in [2.24, 2.45) is 5.92 Å². The van der Waals surface area contributed by atoms with Crippen LogP contribution in [0.4, 0.5) is 4.79 Å². The van der Waals surface area contributed by atoms with E-state index in [1.54, 1.807) is 0 Å². The zero-order chi connectivity index (χ0) is 24.8. The summed E-state index contributed by atoms with van der Waals surface area (Å²) in [4.78, 5) is 36.2. The van der Waals surface area contributed by atoms with Crippen LogP contribution < -0.4 is 10.6 Å². The number of carbonyl (C=O) groups excluding carboxylic acids is 2. The monoisotopic (exact) mass is 478 g/mol. The molecule has 2 amide bonds. The minimum atomic E-state index is -0.794. The summed E-state index contributed by atoms with van der Waals surface area (Å²) in [5, 5.41) is 14.9. The number of rotatable bonds is 10. The number of hydrogen-bond acceptors (Lipinski definition) is 4. The Kier molecular flexibility index (Phi) is 8.06. The minimum Gasteiger partial charge on any atom is -0.481 e. The molecule has 0 bridgehead atoms. The third-order valence-electron chi connectivity index (χ3n) is 7.10. The number of ether oxygens (including phenoxy) is 1. The van der Waals surface area contributed by atoms with E-state index in [1.807, 2.05) is 31.2 Å². The summed E-state index contributed by atoms with van der Waals surface area (Å²) in [5.41, 5.74) is 4.66. The van der Waals surface area contributed by atoms with Crippen molar-refractivity contribution >= 4 is 18.0 Å². The Labute approximate surface area is 206 Å². The van der Waals surface area contributed by atoms with E-state index in [-0.39, 0.29) is 49.3 Å². The highest BCUT2D eigenvalue weighted by Crippen LogP contribution is 2.44. The Morgan fingerprint density at radius 3 is 2.31 bits per heavy atom. The largest absolute Gasteiger partial charge is 0.481 e. The molecule has 3 N–H and O–H groups in total. The van der Waals surface area contributed by atoms with Crippen molar-refractivity contribution in [2.45, 2.75) is 69.9 Å². The molecule has 7 heteroatoms. The van der Waals surface area contributed by atoms with Gasteiger partial charge in [-0.1, -0.05) is 61.9 Å². The van der Waals surface area contributed by atoms with Crippen LogP contribution in [0.15, 0.2) is 48.5 Å². The predicted molar refractivity (Wildman–Crippen MR) is 133 cm³/mol. The first kappa shape index (κ1) is 24.8. The van der Waals surface area contributed by atoms with Gasteiger partial charge in [0.1, 0.15) is 6.61 Å². The van der Waals surface area contributed by atoms with Crippen LogP contribution in [0.25, 0.3) is 11.1 Å². The van der Waals surface area contributed by atoms with E-state index in [1.165, 1.54) is 11.1 Å². The van der Waals surface area contributed by atoms with Crippen molar-refractivity contribution in [1.29, 1.82) is 0 Å². The van der Waals surface area contributed by atoms with Gasteiger partial charge in [0.15, 0.2) is 0 Å². The molecule has 2 aromatic rings. The molecule has 0 saturated heterocycles. The van der Waals surface area contributed by atoms with Gasteiger partial charge in [0.05, 0.1) is 0 Å². The summed E-state index contributed by atoms with van der Waals surface area (Å²) >= 11 is 0. The summed E-state index contributed by atoms with van der Waals surface area (Å²) in [5.74, 6) is -0.814. The van der Waals surface area contributed by atoms with Gasteiger partial charge in [-0.2, -0.15) is 0 Å². The van der Waals surface area contributed by atoms with Crippen molar-refractivity contribution < 1.29 is 24.2 Å². The van der Waals surface area contributed by atoms with Crippen molar-refractivity contribution in [3.05, 3.63) is 59.7 Å². The molecule has 0 radical (unpaired) electrons. The van der Waals surface area contributed by atoms with E-state index >= 15 is 0 Å². The smallest absolute Gasteiger partial charge is 0.407 e. The highest BCUT2D eigenvalue weighted by molar-refractivity contribution is 5.79. The van der Waals surface area contributed by atoms with Crippen LogP contribution in [0.2, 0.25) is 0 Å². The molecule has 2 aromatic carbocycles. The van der Waals surface area contributed by atoms with Crippen molar-refractivity contribution in [3.8, 4) is 11.1 Å². The van der Waals surface area contributed by atoms with E-state index in [2.05, 4.69) is 34.9 Å². The molecule has 2 aliphatic rings. The standard InChI is InChI=1S/C28H34N2O5/c1-2-7-19(16-26(31)29-20-13-12-18(14-20)15-27(32)33)30-28(34)35-17-25-23-10-5-3-8-21(23)22-9-4-6-11-24(22)25/h3-6,8-11,18-20,25H,2,7,12-17H2,1H3,(H,29,31)(H,30,34)(H,32,33)/t18-,19+,20+/m0/s1. The lowest BCUT2D eigenvalue weighted by atomic mass is 9.98. The van der Waals surface area contributed by atoms with Gasteiger partial charge in [0, 0.05) is 30.8 Å². The third-order valence-corrected chi connectivity index (χ3v) is 7.10. The molecule has 0 aliphatic heterocycles. The normalized spacial score (nSPS) is 19.5. The second-order valence-electron chi connectivity index (χ2n) is 9.70.